The van der Waals surface area contributed by atoms with E-state index in [1.54, 1.807) is 0 Å². The third-order valence-corrected chi connectivity index (χ3v) is 6.75. The minimum absolute atomic E-state index is 0.875. The van der Waals surface area contributed by atoms with E-state index in [4.69, 9.17) is 19.9 Å². The van der Waals surface area contributed by atoms with Crippen molar-refractivity contribution in [3.63, 3.8) is 0 Å². The normalized spacial score (nSPS) is 11.8. The molecule has 0 aliphatic rings. The van der Waals surface area contributed by atoms with E-state index in [-0.39, 0.29) is 0 Å². The van der Waals surface area contributed by atoms with Crippen molar-refractivity contribution in [3.05, 3.63) is 59.7 Å². The average molecular weight is 451 g/mol. The van der Waals surface area contributed by atoms with Crippen LogP contribution < -0.4 is 0 Å². The summed E-state index contributed by atoms with van der Waals surface area (Å²) in [5, 5.41) is 0. The van der Waals surface area contributed by atoms with Crippen molar-refractivity contribution in [2.45, 2.75) is 78.1 Å². The summed E-state index contributed by atoms with van der Waals surface area (Å²) in [6.45, 7) is 4.50. The Kier molecular flexibility index (Phi) is 6.94. The second-order valence-corrected chi connectivity index (χ2v) is 9.54. The summed E-state index contributed by atoms with van der Waals surface area (Å²) in [6, 6.07) is 17.1. The van der Waals surface area contributed by atoms with Crippen molar-refractivity contribution < 1.29 is 0 Å². The molecule has 2 aromatic heterocycles. The van der Waals surface area contributed by atoms with Gasteiger partial charge in [-0.15, -0.1) is 0 Å². The van der Waals surface area contributed by atoms with Crippen molar-refractivity contribution in [3.8, 4) is 0 Å². The quantitative estimate of drug-likeness (QED) is 0.159. The molecule has 0 N–H and O–H groups in total. The van der Waals surface area contributed by atoms with E-state index in [2.05, 4.69) is 50.2 Å². The topological polar surface area (TPSA) is 51.6 Å². The lowest BCUT2D eigenvalue weighted by atomic mass is 10.1. The number of benzene rings is 3. The van der Waals surface area contributed by atoms with Crippen molar-refractivity contribution in [1.82, 2.24) is 19.9 Å². The first-order valence-corrected chi connectivity index (χ1v) is 13.0. The zero-order chi connectivity index (χ0) is 23.3. The van der Waals surface area contributed by atoms with Gasteiger partial charge >= 0.3 is 0 Å². The molecule has 0 bridgehead atoms. The Morgan fingerprint density at radius 3 is 1.21 bits per heavy atom. The SMILES string of the molecule is CCCCCCc1ccc2nc3cc4nc5cc(CCCCCC)ccc5nc4cc3nc2c1. The molecule has 0 amide bonds. The highest BCUT2D eigenvalue weighted by molar-refractivity contribution is 5.97. The number of hydrogen-bond acceptors (Lipinski definition) is 4. The van der Waals surface area contributed by atoms with Crippen molar-refractivity contribution in [2.75, 3.05) is 0 Å². The van der Waals surface area contributed by atoms with E-state index in [1.807, 2.05) is 12.1 Å². The first-order chi connectivity index (χ1) is 16.7. The minimum Gasteiger partial charge on any atom is -0.244 e. The molecule has 174 valence electrons. The van der Waals surface area contributed by atoms with E-state index >= 15 is 0 Å². The fourth-order valence-electron chi connectivity index (χ4n) is 4.76. The number of unbranched alkanes of at least 4 members (excludes halogenated alkanes) is 6. The fraction of sp³-hybridized carbons (Fsp3) is 0.400. The zero-order valence-electron chi connectivity index (χ0n) is 20.5. The Labute approximate surface area is 201 Å². The zero-order valence-corrected chi connectivity index (χ0v) is 20.5. The number of aryl methyl sites for hydroxylation is 2. The second-order valence-electron chi connectivity index (χ2n) is 9.54. The van der Waals surface area contributed by atoms with Crippen LogP contribution in [0, 0.1) is 0 Å². The van der Waals surface area contributed by atoms with Gasteiger partial charge < -0.3 is 0 Å². The first kappa shape index (κ1) is 22.6. The van der Waals surface area contributed by atoms with Crippen LogP contribution >= 0.6 is 0 Å². The lowest BCUT2D eigenvalue weighted by Gasteiger charge is -2.07. The van der Waals surface area contributed by atoms with Crippen LogP contribution in [0.3, 0.4) is 0 Å². The minimum atomic E-state index is 0.875. The Morgan fingerprint density at radius 1 is 0.412 bits per heavy atom. The summed E-state index contributed by atoms with van der Waals surface area (Å²) in [5.74, 6) is 0. The standard InChI is InChI=1S/C30H34N4/c1-3-5-7-9-11-21-13-15-23-25(17-21)33-29-19-28-30(20-27(29)31-23)34-26-18-22(12-10-8-6-4-2)14-16-24(26)32-28/h13-20H,3-12H2,1-2H3. The van der Waals surface area contributed by atoms with Crippen LogP contribution in [0.5, 0.6) is 0 Å². The van der Waals surface area contributed by atoms with Gasteiger partial charge in [-0.1, -0.05) is 64.5 Å². The number of nitrogens with zero attached hydrogens (tertiary/aromatic N) is 4. The third kappa shape index (κ3) is 5.01. The Bertz CT molecular complexity index is 1330. The predicted octanol–water partition coefficient (Wildman–Crippen LogP) is 8.13. The molecule has 0 spiro atoms. The van der Waals surface area contributed by atoms with Crippen LogP contribution in [0.15, 0.2) is 48.5 Å². The average Bonchev–Trinajstić information content (AvgIpc) is 2.85. The molecule has 0 aliphatic heterocycles. The smallest absolute Gasteiger partial charge is 0.0917 e. The predicted molar refractivity (Wildman–Crippen MR) is 143 cm³/mol. The van der Waals surface area contributed by atoms with Crippen LogP contribution in [0.4, 0.5) is 0 Å². The molecule has 5 rings (SSSR count). The molecule has 0 fully saturated rings. The van der Waals surface area contributed by atoms with E-state index < -0.39 is 0 Å². The van der Waals surface area contributed by atoms with Gasteiger partial charge in [0.2, 0.25) is 0 Å². The Morgan fingerprint density at radius 2 is 0.794 bits per heavy atom. The van der Waals surface area contributed by atoms with Gasteiger partial charge in [-0.05, 0) is 73.2 Å². The summed E-state index contributed by atoms with van der Waals surface area (Å²) in [7, 11) is 0. The van der Waals surface area contributed by atoms with Gasteiger partial charge in [0.25, 0.3) is 0 Å². The Hall–Kier alpha value is -3.14. The van der Waals surface area contributed by atoms with E-state index in [1.165, 1.54) is 62.5 Å². The van der Waals surface area contributed by atoms with Gasteiger partial charge in [0.15, 0.2) is 0 Å². The highest BCUT2D eigenvalue weighted by Gasteiger charge is 2.09. The largest absolute Gasteiger partial charge is 0.244 e. The highest BCUT2D eigenvalue weighted by Crippen LogP contribution is 2.24. The molecule has 3 aromatic carbocycles. The summed E-state index contributed by atoms with van der Waals surface area (Å²) < 4.78 is 0. The summed E-state index contributed by atoms with van der Waals surface area (Å²) in [4.78, 5) is 19.7. The fourth-order valence-corrected chi connectivity index (χ4v) is 4.76. The molecule has 4 nitrogen and oxygen atoms in total. The van der Waals surface area contributed by atoms with Crippen molar-refractivity contribution in [1.29, 1.82) is 0 Å². The van der Waals surface area contributed by atoms with E-state index in [0.29, 0.717) is 0 Å². The number of aromatic nitrogens is 4. The number of fused-ring (bicyclic) bond motifs is 4. The van der Waals surface area contributed by atoms with Crippen molar-refractivity contribution >= 4 is 44.1 Å². The molecule has 0 aliphatic carbocycles. The summed E-state index contributed by atoms with van der Waals surface area (Å²) in [5.41, 5.74) is 9.99. The maximum atomic E-state index is 4.95. The van der Waals surface area contributed by atoms with Crippen LogP contribution in [-0.4, -0.2) is 19.9 Å². The lowest BCUT2D eigenvalue weighted by molar-refractivity contribution is 0.667. The highest BCUT2D eigenvalue weighted by atomic mass is 14.8. The van der Waals surface area contributed by atoms with Gasteiger partial charge in [-0.2, -0.15) is 0 Å². The number of hydrogen-bond donors (Lipinski definition) is 0. The molecule has 0 saturated heterocycles. The van der Waals surface area contributed by atoms with Gasteiger partial charge in [0, 0.05) is 0 Å². The molecule has 0 unspecified atom stereocenters. The van der Waals surface area contributed by atoms with Crippen LogP contribution in [0.25, 0.3) is 44.1 Å². The van der Waals surface area contributed by atoms with Gasteiger partial charge in [0.1, 0.15) is 0 Å². The molecule has 0 radical (unpaired) electrons. The monoisotopic (exact) mass is 450 g/mol. The third-order valence-electron chi connectivity index (χ3n) is 6.75. The van der Waals surface area contributed by atoms with Crippen LogP contribution in [0.2, 0.25) is 0 Å². The molecule has 0 saturated carbocycles. The van der Waals surface area contributed by atoms with Gasteiger partial charge in [0.05, 0.1) is 44.1 Å². The molecule has 4 heteroatoms. The maximum Gasteiger partial charge on any atom is 0.0917 e. The van der Waals surface area contributed by atoms with E-state index in [0.717, 1.165) is 57.0 Å². The van der Waals surface area contributed by atoms with Crippen molar-refractivity contribution in [2.24, 2.45) is 0 Å². The van der Waals surface area contributed by atoms with E-state index in [9.17, 15) is 0 Å². The molecule has 2 heterocycles. The van der Waals surface area contributed by atoms with Gasteiger partial charge in [-0.25, -0.2) is 19.9 Å². The Balaban J connectivity index is 1.46. The summed E-state index contributed by atoms with van der Waals surface area (Å²) in [6.07, 6.45) is 12.4. The first-order valence-electron chi connectivity index (χ1n) is 13.0. The maximum absolute atomic E-state index is 4.95. The lowest BCUT2D eigenvalue weighted by Crippen LogP contribution is -1.94. The van der Waals surface area contributed by atoms with Crippen LogP contribution in [-0.2, 0) is 12.8 Å². The molecule has 0 atom stereocenters. The number of rotatable bonds is 10. The second kappa shape index (κ2) is 10.4. The molecular weight excluding hydrogens is 416 g/mol. The van der Waals surface area contributed by atoms with Crippen LogP contribution in [0.1, 0.15) is 76.3 Å². The summed E-state index contributed by atoms with van der Waals surface area (Å²) >= 11 is 0. The molecular formula is C30H34N4. The molecule has 5 aromatic rings. The van der Waals surface area contributed by atoms with Gasteiger partial charge in [-0.3, -0.25) is 0 Å². The molecule has 34 heavy (non-hydrogen) atoms.